The van der Waals surface area contributed by atoms with Gasteiger partial charge in [0, 0.05) is 0 Å². The molecule has 0 saturated heterocycles. The zero-order valence-corrected chi connectivity index (χ0v) is 29.8. The normalized spacial score (nSPS) is 13.8. The molecule has 49 heavy (non-hydrogen) atoms. The van der Waals surface area contributed by atoms with Crippen molar-refractivity contribution in [2.45, 2.75) is 71.6 Å². The van der Waals surface area contributed by atoms with Crippen LogP contribution < -0.4 is 10.4 Å². The van der Waals surface area contributed by atoms with Crippen molar-refractivity contribution in [2.75, 3.05) is 0 Å². The Labute approximate surface area is 291 Å². The van der Waals surface area contributed by atoms with Gasteiger partial charge in [-0.3, -0.25) is 0 Å². The van der Waals surface area contributed by atoms with Crippen LogP contribution in [0.15, 0.2) is 127 Å². The van der Waals surface area contributed by atoms with E-state index in [4.69, 9.17) is 0 Å². The summed E-state index contributed by atoms with van der Waals surface area (Å²) >= 11 is 0. The highest BCUT2D eigenvalue weighted by Gasteiger charge is 2.26. The van der Waals surface area contributed by atoms with Gasteiger partial charge in [-0.05, 0) is 124 Å². The lowest BCUT2D eigenvalue weighted by molar-refractivity contribution is 0.584. The maximum atomic E-state index is 2.57. The first-order valence-electron chi connectivity index (χ1n) is 17.9. The van der Waals surface area contributed by atoms with Gasteiger partial charge in [-0.1, -0.05) is 168 Å². The maximum Gasteiger partial charge on any atom is -0.00483 e. The largest absolute Gasteiger partial charge is 0.0801 e. The predicted octanol–water partition coefficient (Wildman–Crippen LogP) is 11.0. The zero-order chi connectivity index (χ0) is 33.9. The Morgan fingerprint density at radius 3 is 1.80 bits per heavy atom. The SMILES string of the molecule is CC(C)(C)c1ccc2c(c1)=c1cc(C(C)(C)C)c(=C(Cc3cccc4ccccc34)Cc3cccc4ccccc34)c(C3=CC=CC3)c1C=2. The Morgan fingerprint density at radius 1 is 0.612 bits per heavy atom. The van der Waals surface area contributed by atoms with Gasteiger partial charge in [0.25, 0.3) is 0 Å². The molecule has 2 aliphatic carbocycles. The number of allylic oxidation sites excluding steroid dienone is 4. The van der Waals surface area contributed by atoms with Crippen LogP contribution in [0.2, 0.25) is 0 Å². The summed E-state index contributed by atoms with van der Waals surface area (Å²) in [7, 11) is 0. The highest BCUT2D eigenvalue weighted by molar-refractivity contribution is 5.90. The van der Waals surface area contributed by atoms with E-state index in [2.05, 4.69) is 175 Å². The average Bonchev–Trinajstić information content (AvgIpc) is 3.75. The summed E-state index contributed by atoms with van der Waals surface area (Å²) < 4.78 is 0. The van der Waals surface area contributed by atoms with E-state index >= 15 is 0 Å². The van der Waals surface area contributed by atoms with Gasteiger partial charge in [0.15, 0.2) is 0 Å². The molecule has 0 spiro atoms. The Bertz CT molecular complexity index is 2480. The fourth-order valence-corrected chi connectivity index (χ4v) is 8.13. The van der Waals surface area contributed by atoms with Crippen LogP contribution in [0, 0.1) is 10.4 Å². The lowest BCUT2D eigenvalue weighted by atomic mass is 9.78. The first-order valence-corrected chi connectivity index (χ1v) is 17.9. The lowest BCUT2D eigenvalue weighted by Gasteiger charge is -2.26. The van der Waals surface area contributed by atoms with Crippen LogP contribution in [0.3, 0.4) is 0 Å². The molecule has 0 unspecified atom stereocenters. The van der Waals surface area contributed by atoms with Crippen molar-refractivity contribution < 1.29 is 0 Å². The van der Waals surface area contributed by atoms with Gasteiger partial charge in [0.2, 0.25) is 0 Å². The van der Waals surface area contributed by atoms with Crippen molar-refractivity contribution in [1.29, 1.82) is 0 Å². The predicted molar refractivity (Wildman–Crippen MR) is 211 cm³/mol. The number of fused-ring (bicyclic) bond motifs is 4. The minimum absolute atomic E-state index is 0.0706. The van der Waals surface area contributed by atoms with E-state index in [1.807, 2.05) is 0 Å². The smallest absolute Gasteiger partial charge is 0.00483 e. The molecule has 0 atom stereocenters. The van der Waals surface area contributed by atoms with Crippen LogP contribution in [0.1, 0.15) is 81.3 Å². The molecule has 0 heteroatoms. The second-order valence-corrected chi connectivity index (χ2v) is 16.1. The minimum atomic E-state index is -0.0706. The zero-order valence-electron chi connectivity index (χ0n) is 29.8. The molecule has 0 radical (unpaired) electrons. The number of hydrogen-bond donors (Lipinski definition) is 0. The van der Waals surface area contributed by atoms with Gasteiger partial charge in [-0.25, -0.2) is 0 Å². The van der Waals surface area contributed by atoms with Crippen LogP contribution in [0.25, 0.3) is 38.8 Å². The van der Waals surface area contributed by atoms with Crippen LogP contribution in [-0.4, -0.2) is 0 Å². The molecule has 0 aromatic heterocycles. The summed E-state index contributed by atoms with van der Waals surface area (Å²) in [5, 5.41) is 10.8. The molecule has 242 valence electrons. The first-order chi connectivity index (χ1) is 23.6. The molecule has 0 nitrogen and oxygen atoms in total. The standard InChI is InChI=1S/C49H46/c1-48(2,3)39-26-25-37-29-44-43(42(37)30-39)31-45(49(4,5)6)47(46(44)34-17-7-8-18-34)38(27-35-21-13-19-32-15-9-11-23-40(32)35)28-36-22-14-20-33-16-10-12-24-41(33)36/h7-17,19-26,29-31H,18,27-28H2,1-6H3. The monoisotopic (exact) mass is 634 g/mol. The van der Waals surface area contributed by atoms with Gasteiger partial charge in [-0.2, -0.15) is 0 Å². The minimum Gasteiger partial charge on any atom is -0.0801 e. The van der Waals surface area contributed by atoms with Crippen molar-refractivity contribution in [3.8, 4) is 0 Å². The van der Waals surface area contributed by atoms with Crippen LogP contribution in [0.4, 0.5) is 0 Å². The molecule has 6 aromatic carbocycles. The molecular weight excluding hydrogens is 589 g/mol. The summed E-state index contributed by atoms with van der Waals surface area (Å²) in [6.45, 7) is 14.2. The molecule has 0 aliphatic heterocycles. The van der Waals surface area contributed by atoms with Crippen LogP contribution in [0.5, 0.6) is 0 Å². The fraction of sp³-hybridized carbons (Fsp3) is 0.224. The molecule has 8 rings (SSSR count). The highest BCUT2D eigenvalue weighted by atomic mass is 14.3. The molecule has 2 aliphatic rings. The molecule has 0 bridgehead atoms. The van der Waals surface area contributed by atoms with Gasteiger partial charge in [0.05, 0.1) is 0 Å². The molecule has 0 heterocycles. The number of rotatable bonds is 5. The lowest BCUT2D eigenvalue weighted by Crippen LogP contribution is -2.29. The number of hydrogen-bond acceptors (Lipinski definition) is 0. The molecule has 0 amide bonds. The van der Waals surface area contributed by atoms with E-state index in [0.717, 1.165) is 19.3 Å². The Kier molecular flexibility index (Phi) is 7.60. The van der Waals surface area contributed by atoms with Crippen molar-refractivity contribution in [1.82, 2.24) is 0 Å². The Morgan fingerprint density at radius 2 is 1.22 bits per heavy atom. The van der Waals surface area contributed by atoms with E-state index in [9.17, 15) is 0 Å². The Hall–Kier alpha value is -4.94. The van der Waals surface area contributed by atoms with Crippen molar-refractivity contribution >= 4 is 38.8 Å². The van der Waals surface area contributed by atoms with Crippen LogP contribution in [-0.2, 0) is 23.7 Å². The quantitative estimate of drug-likeness (QED) is 0.177. The summed E-state index contributed by atoms with van der Waals surface area (Å²) in [5.74, 6) is 0. The summed E-state index contributed by atoms with van der Waals surface area (Å²) in [5.41, 5.74) is 11.3. The van der Waals surface area contributed by atoms with Crippen molar-refractivity contribution in [3.63, 3.8) is 0 Å². The fourth-order valence-electron chi connectivity index (χ4n) is 8.13. The van der Waals surface area contributed by atoms with E-state index in [1.54, 1.807) is 0 Å². The molecule has 0 saturated carbocycles. The molecule has 0 N–H and O–H groups in total. The topological polar surface area (TPSA) is 0 Å². The van der Waals surface area contributed by atoms with E-state index in [0.29, 0.717) is 0 Å². The third-order valence-corrected chi connectivity index (χ3v) is 10.7. The third-order valence-electron chi connectivity index (χ3n) is 10.7. The second-order valence-electron chi connectivity index (χ2n) is 16.1. The average molecular weight is 635 g/mol. The van der Waals surface area contributed by atoms with E-state index < -0.39 is 0 Å². The summed E-state index contributed by atoms with van der Waals surface area (Å²) in [4.78, 5) is 0. The second kappa shape index (κ2) is 11.9. The van der Waals surface area contributed by atoms with Crippen molar-refractivity contribution in [3.05, 3.63) is 182 Å². The first kappa shape index (κ1) is 31.3. The van der Waals surface area contributed by atoms with Gasteiger partial charge in [-0.15, -0.1) is 0 Å². The third kappa shape index (κ3) is 5.68. The maximum absolute atomic E-state index is 2.57. The van der Waals surface area contributed by atoms with Gasteiger partial charge in [0.1, 0.15) is 0 Å². The molecule has 0 fully saturated rings. The van der Waals surface area contributed by atoms with Gasteiger partial charge >= 0.3 is 0 Å². The van der Waals surface area contributed by atoms with Crippen molar-refractivity contribution in [2.24, 2.45) is 0 Å². The summed E-state index contributed by atoms with van der Waals surface area (Å²) in [6.07, 6.45) is 12.2. The molecular formula is C49H46. The molecule has 6 aromatic rings. The van der Waals surface area contributed by atoms with Crippen LogP contribution >= 0.6 is 0 Å². The van der Waals surface area contributed by atoms with Gasteiger partial charge < -0.3 is 0 Å². The van der Waals surface area contributed by atoms with E-state index in [-0.39, 0.29) is 10.8 Å². The Balaban J connectivity index is 1.53. The highest BCUT2D eigenvalue weighted by Crippen LogP contribution is 2.34. The van der Waals surface area contributed by atoms with E-state index in [1.165, 1.54) is 86.9 Å². The summed E-state index contributed by atoms with van der Waals surface area (Å²) in [6, 6.07) is 41.2. The number of benzene rings is 6.